The van der Waals surface area contributed by atoms with Crippen LogP contribution in [0.15, 0.2) is 54.1 Å². The van der Waals surface area contributed by atoms with E-state index in [1.165, 1.54) is 0 Å². The van der Waals surface area contributed by atoms with Crippen molar-refractivity contribution in [2.75, 3.05) is 19.8 Å². The fourth-order valence-corrected chi connectivity index (χ4v) is 5.43. The van der Waals surface area contributed by atoms with Gasteiger partial charge >= 0.3 is 0 Å². The maximum absolute atomic E-state index is 13.3. The van der Waals surface area contributed by atoms with Crippen LogP contribution in [0.2, 0.25) is 0 Å². The van der Waals surface area contributed by atoms with E-state index in [0.717, 1.165) is 50.9 Å². The molecule has 2 heterocycles. The topological polar surface area (TPSA) is 103 Å². The van der Waals surface area contributed by atoms with Gasteiger partial charge in [0.2, 0.25) is 5.91 Å². The molecular formula is C29H36N4O4. The molecule has 2 aliphatic heterocycles. The molecule has 2 amide bonds. The summed E-state index contributed by atoms with van der Waals surface area (Å²) in [4.78, 5) is 26.2. The Labute approximate surface area is 218 Å². The molecule has 4 unspecified atom stereocenters. The van der Waals surface area contributed by atoms with Crippen LogP contribution in [-0.2, 0) is 20.7 Å². The first-order valence-electron chi connectivity index (χ1n) is 13.4. The third-order valence-corrected chi connectivity index (χ3v) is 7.76. The minimum atomic E-state index is -0.706. The van der Waals surface area contributed by atoms with Gasteiger partial charge in [-0.15, -0.1) is 0 Å². The Kier molecular flexibility index (Phi) is 8.37. The summed E-state index contributed by atoms with van der Waals surface area (Å²) < 4.78 is 5.44. The summed E-state index contributed by atoms with van der Waals surface area (Å²) in [7, 11) is 0. The lowest BCUT2D eigenvalue weighted by Gasteiger charge is -2.29. The summed E-state index contributed by atoms with van der Waals surface area (Å²) in [5, 5.41) is 14.5. The van der Waals surface area contributed by atoms with Crippen molar-refractivity contribution < 1.29 is 19.5 Å². The molecule has 196 valence electrons. The van der Waals surface area contributed by atoms with Gasteiger partial charge in [0.1, 0.15) is 6.04 Å². The average molecular weight is 505 g/mol. The van der Waals surface area contributed by atoms with E-state index in [0.29, 0.717) is 30.4 Å². The number of ether oxygens (including phenoxy) is 1. The van der Waals surface area contributed by atoms with Crippen LogP contribution < -0.4 is 16.2 Å². The lowest BCUT2D eigenvalue weighted by atomic mass is 9.84. The minimum Gasteiger partial charge on any atom is -0.381 e. The van der Waals surface area contributed by atoms with E-state index in [4.69, 9.17) is 4.74 Å². The first-order chi connectivity index (χ1) is 18.1. The van der Waals surface area contributed by atoms with Crippen LogP contribution in [0.3, 0.4) is 0 Å². The zero-order valence-electron chi connectivity index (χ0n) is 21.1. The molecule has 0 radical (unpaired) electrons. The molecule has 5 rings (SSSR count). The van der Waals surface area contributed by atoms with Crippen molar-refractivity contribution in [2.45, 2.75) is 56.7 Å². The highest BCUT2D eigenvalue weighted by molar-refractivity contribution is 5.95. The Hall–Kier alpha value is -2.96. The first-order valence-corrected chi connectivity index (χ1v) is 13.4. The predicted molar refractivity (Wildman–Crippen MR) is 139 cm³/mol. The molecule has 4 aliphatic rings. The molecule has 8 nitrogen and oxygen atoms in total. The number of nitrogens with one attached hydrogen (secondary N) is 3. The van der Waals surface area contributed by atoms with E-state index < -0.39 is 11.9 Å². The van der Waals surface area contributed by atoms with Crippen LogP contribution in [0.1, 0.15) is 37.7 Å². The van der Waals surface area contributed by atoms with Crippen LogP contribution in [0.4, 0.5) is 0 Å². The van der Waals surface area contributed by atoms with Gasteiger partial charge in [0, 0.05) is 37.2 Å². The van der Waals surface area contributed by atoms with Crippen LogP contribution in [-0.4, -0.2) is 59.9 Å². The average Bonchev–Trinajstić information content (AvgIpc) is 3.70. The Morgan fingerprint density at radius 1 is 1.14 bits per heavy atom. The van der Waals surface area contributed by atoms with E-state index in [9.17, 15) is 14.8 Å². The predicted octanol–water partition coefficient (Wildman–Crippen LogP) is 2.12. The van der Waals surface area contributed by atoms with Crippen LogP contribution >= 0.6 is 0 Å². The molecule has 1 aromatic carbocycles. The molecule has 0 aromatic heterocycles. The summed E-state index contributed by atoms with van der Waals surface area (Å²) in [6, 6.07) is 8.38. The number of rotatable bonds is 8. The normalized spacial score (nSPS) is 26.4. The molecule has 1 saturated carbocycles. The summed E-state index contributed by atoms with van der Waals surface area (Å²) in [5.74, 6) is 7.05. The monoisotopic (exact) mass is 504 g/mol. The molecule has 8 heteroatoms. The molecule has 37 heavy (non-hydrogen) atoms. The number of amides is 2. The number of fused-ring (bicyclic) bond motifs is 1. The van der Waals surface area contributed by atoms with E-state index in [-0.39, 0.29) is 23.9 Å². The van der Waals surface area contributed by atoms with Crippen molar-refractivity contribution in [1.82, 2.24) is 21.2 Å². The number of nitrogens with zero attached hydrogens (tertiary/aromatic N) is 1. The lowest BCUT2D eigenvalue weighted by Crippen LogP contribution is -2.54. The fourth-order valence-electron chi connectivity index (χ4n) is 5.43. The highest BCUT2D eigenvalue weighted by Gasteiger charge is 2.47. The van der Waals surface area contributed by atoms with Crippen LogP contribution in [0, 0.1) is 29.6 Å². The number of carbonyl (C=O) groups is 2. The van der Waals surface area contributed by atoms with Gasteiger partial charge in [-0.1, -0.05) is 60.4 Å². The van der Waals surface area contributed by atoms with Crippen molar-refractivity contribution >= 4 is 11.8 Å². The second-order valence-electron chi connectivity index (χ2n) is 10.4. The third kappa shape index (κ3) is 6.31. The summed E-state index contributed by atoms with van der Waals surface area (Å²) in [5.41, 5.74) is 6.91. The standard InChI is InChI=1S/C29H36N4O4/c34-28(30-16-13-21-14-17-37-18-15-21)24-8-4-7-23-25(12-11-20-9-10-20)33(31-27(23)24)26(29(35)32-36)19-22-5-2-1-3-6-22/h1-8,20-21,23,25-27,31,36H,9-10,13-19H2,(H,30,34)(H,32,35). The fraction of sp³-hybridized carbons (Fsp3) is 0.517. The smallest absolute Gasteiger partial charge is 0.262 e. The van der Waals surface area contributed by atoms with Gasteiger partial charge in [0.25, 0.3) is 5.91 Å². The van der Waals surface area contributed by atoms with Crippen molar-refractivity contribution in [1.29, 1.82) is 0 Å². The zero-order chi connectivity index (χ0) is 25.6. The number of carbonyl (C=O) groups excluding carboxylic acids is 2. The number of hydrogen-bond acceptors (Lipinski definition) is 6. The van der Waals surface area contributed by atoms with E-state index in [1.54, 1.807) is 0 Å². The molecule has 0 bridgehead atoms. The minimum absolute atomic E-state index is 0.0964. The molecule has 3 fully saturated rings. The van der Waals surface area contributed by atoms with Gasteiger partial charge < -0.3 is 10.1 Å². The Balaban J connectivity index is 1.33. The number of benzene rings is 1. The number of hydrogen-bond donors (Lipinski definition) is 4. The number of hydroxylamine groups is 1. The maximum Gasteiger partial charge on any atom is 0.262 e. The molecule has 2 saturated heterocycles. The lowest BCUT2D eigenvalue weighted by molar-refractivity contribution is -0.136. The van der Waals surface area contributed by atoms with Gasteiger partial charge in [-0.05, 0) is 50.0 Å². The Bertz CT molecular complexity index is 1080. The van der Waals surface area contributed by atoms with E-state index in [1.807, 2.05) is 53.0 Å². The number of allylic oxidation sites excluding steroid dienone is 2. The highest BCUT2D eigenvalue weighted by atomic mass is 16.5. The third-order valence-electron chi connectivity index (χ3n) is 7.76. The van der Waals surface area contributed by atoms with Gasteiger partial charge in [0.05, 0.1) is 12.1 Å². The van der Waals surface area contributed by atoms with Crippen LogP contribution in [0.5, 0.6) is 0 Å². The molecule has 2 aliphatic carbocycles. The molecule has 0 spiro atoms. The maximum atomic E-state index is 13.3. The van der Waals surface area contributed by atoms with Crippen LogP contribution in [0.25, 0.3) is 0 Å². The SMILES string of the molecule is O=C(NCCC1CCOCC1)C1=CC=CC2C1NN(C(Cc1ccccc1)C(=O)NO)C2C#CC1CC1. The zero-order valence-corrected chi connectivity index (χ0v) is 21.1. The highest BCUT2D eigenvalue weighted by Crippen LogP contribution is 2.34. The van der Waals surface area contributed by atoms with E-state index >= 15 is 0 Å². The summed E-state index contributed by atoms with van der Waals surface area (Å²) in [6.07, 6.45) is 11.5. The quantitative estimate of drug-likeness (QED) is 0.246. The molecule has 4 N–H and O–H groups in total. The Morgan fingerprint density at radius 3 is 2.65 bits per heavy atom. The van der Waals surface area contributed by atoms with Crippen molar-refractivity contribution in [3.05, 3.63) is 59.7 Å². The van der Waals surface area contributed by atoms with E-state index in [2.05, 4.69) is 28.7 Å². The second-order valence-corrected chi connectivity index (χ2v) is 10.4. The summed E-state index contributed by atoms with van der Waals surface area (Å²) >= 11 is 0. The van der Waals surface area contributed by atoms with Gasteiger partial charge in [-0.2, -0.15) is 0 Å². The molecule has 1 aromatic rings. The van der Waals surface area contributed by atoms with Crippen molar-refractivity contribution in [3.63, 3.8) is 0 Å². The molecule has 4 atom stereocenters. The first kappa shape index (κ1) is 25.7. The molecular weight excluding hydrogens is 468 g/mol. The van der Waals surface area contributed by atoms with Crippen molar-refractivity contribution in [3.8, 4) is 11.8 Å². The van der Waals surface area contributed by atoms with Gasteiger partial charge in [-0.25, -0.2) is 15.9 Å². The van der Waals surface area contributed by atoms with Crippen molar-refractivity contribution in [2.24, 2.45) is 17.8 Å². The summed E-state index contributed by atoms with van der Waals surface area (Å²) in [6.45, 7) is 2.22. The van der Waals surface area contributed by atoms with Gasteiger partial charge in [0.15, 0.2) is 0 Å². The largest absolute Gasteiger partial charge is 0.381 e. The second kappa shape index (κ2) is 12.1. The number of hydrazine groups is 1. The Morgan fingerprint density at radius 2 is 1.92 bits per heavy atom. The van der Waals surface area contributed by atoms with Gasteiger partial charge in [-0.3, -0.25) is 14.8 Å².